The van der Waals surface area contributed by atoms with Crippen molar-refractivity contribution in [2.24, 2.45) is 0 Å². The van der Waals surface area contributed by atoms with Gasteiger partial charge >= 0.3 is 0 Å². The van der Waals surface area contributed by atoms with E-state index in [1.54, 1.807) is 0 Å². The Hall–Kier alpha value is -7.98. The number of ether oxygens (including phenoxy) is 1. The van der Waals surface area contributed by atoms with Crippen LogP contribution in [0.1, 0.15) is 101 Å². The molecule has 0 atom stereocenters. The Morgan fingerprint density at radius 3 is 1.61 bits per heavy atom. The molecule has 0 radical (unpaired) electrons. The number of hydrogen-bond donors (Lipinski definition) is 0. The molecule has 0 aliphatic carbocycles. The van der Waals surface area contributed by atoms with E-state index in [1.165, 1.54) is 44.5 Å². The Kier molecular flexibility index (Phi) is 13.9. The summed E-state index contributed by atoms with van der Waals surface area (Å²) in [6.45, 7) is 22.9. The quantitative estimate of drug-likeness (QED) is 0.114. The van der Waals surface area contributed by atoms with Gasteiger partial charge in [0.2, 0.25) is 0 Å². The average molecular weight is 1210 g/mol. The van der Waals surface area contributed by atoms with Gasteiger partial charge in [0.25, 0.3) is 0 Å². The molecule has 5 nitrogen and oxygen atoms in total. The van der Waals surface area contributed by atoms with Crippen LogP contribution >= 0.6 is 0 Å². The van der Waals surface area contributed by atoms with Gasteiger partial charge in [0, 0.05) is 77.6 Å². The molecule has 0 unspecified atom stereocenters. The molecule has 1 aliphatic rings. The first-order valence-electron chi connectivity index (χ1n) is 27.2. The van der Waals surface area contributed by atoms with Crippen LogP contribution in [-0.2, 0) is 42.7 Å². The molecule has 0 N–H and O–H groups in total. The maximum Gasteiger partial charge on any atom is 0.135 e. The fourth-order valence-corrected chi connectivity index (χ4v) is 11.3. The Labute approximate surface area is 481 Å². The summed E-state index contributed by atoms with van der Waals surface area (Å²) in [6.07, 6.45) is 1.92. The summed E-state index contributed by atoms with van der Waals surface area (Å²) < 4.78 is 9.07. The second kappa shape index (κ2) is 20.7. The van der Waals surface area contributed by atoms with E-state index in [1.807, 2.05) is 18.3 Å². The van der Waals surface area contributed by atoms with Crippen LogP contribution in [0.25, 0.3) is 38.8 Å². The van der Waals surface area contributed by atoms with Crippen LogP contribution in [0, 0.1) is 18.8 Å². The molecule has 396 valence electrons. The number of rotatable bonds is 12. The van der Waals surface area contributed by atoms with Crippen LogP contribution in [0.5, 0.6) is 11.5 Å². The van der Waals surface area contributed by atoms with Crippen LogP contribution in [-0.4, -0.2) is 9.55 Å². The van der Waals surface area contributed by atoms with Crippen molar-refractivity contribution in [1.82, 2.24) is 9.55 Å². The molecule has 79 heavy (non-hydrogen) atoms. The number of aromatic nitrogens is 2. The molecular weight excluding hydrogens is 1140 g/mol. The number of pyridine rings is 1. The van der Waals surface area contributed by atoms with Crippen LogP contribution in [0.3, 0.4) is 0 Å². The number of fused-ring (bicyclic) bond motifs is 4. The van der Waals surface area contributed by atoms with Crippen molar-refractivity contribution in [1.29, 1.82) is 0 Å². The third-order valence-electron chi connectivity index (χ3n) is 16.4. The fourth-order valence-electron chi connectivity index (χ4n) is 11.3. The van der Waals surface area contributed by atoms with E-state index in [0.29, 0.717) is 11.5 Å². The molecule has 12 rings (SSSR count). The second-order valence-electron chi connectivity index (χ2n) is 23.5. The normalized spacial score (nSPS) is 12.9. The Morgan fingerprint density at radius 2 is 1.00 bits per heavy atom. The molecule has 0 amide bonds. The summed E-state index contributed by atoms with van der Waals surface area (Å²) in [5.41, 5.74) is 16.1. The molecule has 1 aliphatic heterocycles. The first-order chi connectivity index (χ1) is 37.5. The van der Waals surface area contributed by atoms with Gasteiger partial charge < -0.3 is 19.1 Å². The van der Waals surface area contributed by atoms with Crippen LogP contribution < -0.4 is 14.5 Å². The van der Waals surface area contributed by atoms with Gasteiger partial charge in [-0.1, -0.05) is 213 Å². The third-order valence-corrected chi connectivity index (χ3v) is 16.4. The minimum absolute atomic E-state index is 0. The van der Waals surface area contributed by atoms with Crippen molar-refractivity contribution in [3.8, 4) is 28.4 Å². The Bertz CT molecular complexity index is 3920. The molecule has 0 spiro atoms. The third kappa shape index (κ3) is 9.89. The predicted molar refractivity (Wildman–Crippen MR) is 324 cm³/mol. The maximum atomic E-state index is 6.85. The average Bonchev–Trinajstić information content (AvgIpc) is 4.24. The zero-order chi connectivity index (χ0) is 54.0. The van der Waals surface area contributed by atoms with Crippen LogP contribution in [0.2, 0.25) is 0 Å². The SMILES string of the molecule is CC(C)(C)c1ccnc(-n2c3[c-]c(Oc4[c-]c(N5[CH-]N(c6cc(C(C)(C)c7ccccc7)cc(C(C)(C)c7ccccc7)c6)c6cc(C(C)(C)c7ccccc7)ccc65)ccc4)ccc3c3cc(-c4ccccc4)ccc32)c1.[Pt]. The molecule has 6 heteroatoms. The summed E-state index contributed by atoms with van der Waals surface area (Å²) in [4.78, 5) is 9.60. The van der Waals surface area contributed by atoms with Gasteiger partial charge in [-0.15, -0.1) is 48.1 Å². The molecule has 0 saturated carbocycles. The predicted octanol–water partition coefficient (Wildman–Crippen LogP) is 18.9. The van der Waals surface area contributed by atoms with Gasteiger partial charge in [0.1, 0.15) is 5.82 Å². The van der Waals surface area contributed by atoms with E-state index in [0.717, 1.165) is 55.9 Å². The zero-order valence-corrected chi connectivity index (χ0v) is 48.7. The fraction of sp³-hybridized carbons (Fsp3) is 0.178. The summed E-state index contributed by atoms with van der Waals surface area (Å²) in [5, 5.41) is 2.19. The first-order valence-corrected chi connectivity index (χ1v) is 27.2. The molecule has 0 saturated heterocycles. The number of hydrogen-bond acceptors (Lipinski definition) is 4. The molecule has 0 fully saturated rings. The van der Waals surface area contributed by atoms with Crippen LogP contribution in [0.15, 0.2) is 225 Å². The van der Waals surface area contributed by atoms with Gasteiger partial charge in [-0.25, -0.2) is 4.98 Å². The number of benzene rings is 9. The zero-order valence-electron chi connectivity index (χ0n) is 46.5. The summed E-state index contributed by atoms with van der Waals surface area (Å²) >= 11 is 0. The smallest absolute Gasteiger partial charge is 0.135 e. The van der Waals surface area contributed by atoms with Gasteiger partial charge in [0.05, 0.1) is 0 Å². The van der Waals surface area contributed by atoms with Crippen molar-refractivity contribution in [2.75, 3.05) is 9.80 Å². The van der Waals surface area contributed by atoms with E-state index < -0.39 is 0 Å². The van der Waals surface area contributed by atoms with Gasteiger partial charge in [0.15, 0.2) is 0 Å². The molecule has 3 heterocycles. The number of nitrogens with zero attached hydrogens (tertiary/aromatic N) is 4. The van der Waals surface area contributed by atoms with E-state index in [9.17, 15) is 0 Å². The minimum atomic E-state index is -0.301. The maximum absolute atomic E-state index is 6.85. The topological polar surface area (TPSA) is 33.5 Å². The summed E-state index contributed by atoms with van der Waals surface area (Å²) in [5.74, 6) is 2.01. The van der Waals surface area contributed by atoms with Crippen molar-refractivity contribution < 1.29 is 25.8 Å². The van der Waals surface area contributed by atoms with Crippen molar-refractivity contribution in [3.63, 3.8) is 0 Å². The van der Waals surface area contributed by atoms with E-state index in [2.05, 4.69) is 302 Å². The minimum Gasteiger partial charge on any atom is -0.509 e. The molecule has 2 aromatic heterocycles. The summed E-state index contributed by atoms with van der Waals surface area (Å²) in [6, 6.07) is 86.0. The largest absolute Gasteiger partial charge is 0.509 e. The molecule has 0 bridgehead atoms. The Morgan fingerprint density at radius 1 is 0.418 bits per heavy atom. The van der Waals surface area contributed by atoms with E-state index >= 15 is 0 Å². The van der Waals surface area contributed by atoms with Crippen molar-refractivity contribution >= 4 is 44.6 Å². The first kappa shape index (κ1) is 53.0. The standard InChI is InChI=1S/C73H65N4O.Pt/c1-70(2,3)55-39-40-74-69(46-55)77-65-37-33-51(50-23-14-10-15-24-50)41-64(65)63-36-35-62(48-67(63)77)78-61-32-22-31-59(47-61)75-49-76(68-45-56(34-38-66(68)75)71(4,5)52-25-16-11-17-26-52)60-43-57(72(6,7)53-27-18-12-19-28-53)42-58(44-60)73(8,9)54-29-20-13-21-30-54;/h10-46,49H,1-9H3;/q-3;. The molecule has 9 aromatic carbocycles. The number of anilines is 4. The van der Waals surface area contributed by atoms with Gasteiger partial charge in [-0.05, 0) is 103 Å². The van der Waals surface area contributed by atoms with E-state index in [-0.39, 0.29) is 42.7 Å². The summed E-state index contributed by atoms with van der Waals surface area (Å²) in [7, 11) is 0. The van der Waals surface area contributed by atoms with E-state index in [4.69, 9.17) is 9.72 Å². The van der Waals surface area contributed by atoms with Crippen molar-refractivity contribution in [2.45, 2.75) is 84.0 Å². The van der Waals surface area contributed by atoms with Gasteiger partial charge in [-0.2, -0.15) is 12.1 Å². The Balaban J connectivity index is 0.00000660. The second-order valence-corrected chi connectivity index (χ2v) is 23.5. The molecule has 11 aromatic rings. The van der Waals surface area contributed by atoms with Crippen LogP contribution in [0.4, 0.5) is 22.7 Å². The monoisotopic (exact) mass is 1210 g/mol. The van der Waals surface area contributed by atoms with Gasteiger partial charge in [-0.3, -0.25) is 0 Å². The molecular formula is C73H65N4OPt-3. The van der Waals surface area contributed by atoms with Crippen molar-refractivity contribution in [3.05, 3.63) is 282 Å².